The van der Waals surface area contributed by atoms with Crippen LogP contribution in [-0.4, -0.2) is 7.11 Å². The third kappa shape index (κ3) is 3.79. The summed E-state index contributed by atoms with van der Waals surface area (Å²) in [6.45, 7) is 0. The molecule has 2 aromatic rings. The molecule has 0 radical (unpaired) electrons. The largest absolute Gasteiger partial charge is 0.496 e. The van der Waals surface area contributed by atoms with Gasteiger partial charge < -0.3 is 4.74 Å². The average molecular weight is 316 g/mol. The van der Waals surface area contributed by atoms with Crippen LogP contribution in [-0.2, 0) is 6.42 Å². The third-order valence-electron chi connectivity index (χ3n) is 2.86. The summed E-state index contributed by atoms with van der Waals surface area (Å²) in [4.78, 5) is 0. The van der Waals surface area contributed by atoms with Gasteiger partial charge >= 0.3 is 0 Å². The van der Waals surface area contributed by atoms with Crippen molar-refractivity contribution < 1.29 is 4.74 Å². The molecule has 0 aliphatic carbocycles. The molecule has 2 aromatic carbocycles. The number of benzene rings is 2. The van der Waals surface area contributed by atoms with Crippen LogP contribution in [0.2, 0.25) is 10.0 Å². The van der Waals surface area contributed by atoms with Gasteiger partial charge in [0.15, 0.2) is 0 Å². The molecular formula is C15H13Cl3O. The van der Waals surface area contributed by atoms with Gasteiger partial charge in [-0.15, -0.1) is 11.6 Å². The molecule has 0 amide bonds. The summed E-state index contributed by atoms with van der Waals surface area (Å²) < 4.78 is 5.31. The number of ether oxygens (including phenoxy) is 1. The highest BCUT2D eigenvalue weighted by Crippen LogP contribution is 2.34. The van der Waals surface area contributed by atoms with Crippen molar-refractivity contribution >= 4 is 34.8 Å². The highest BCUT2D eigenvalue weighted by molar-refractivity contribution is 6.31. The maximum atomic E-state index is 6.46. The summed E-state index contributed by atoms with van der Waals surface area (Å²) in [5, 5.41) is 1.18. The Morgan fingerprint density at radius 3 is 2.26 bits per heavy atom. The van der Waals surface area contributed by atoms with E-state index in [1.807, 2.05) is 36.4 Å². The molecule has 0 spiro atoms. The fourth-order valence-corrected chi connectivity index (χ4v) is 2.53. The first kappa shape index (κ1) is 14.5. The standard InChI is InChI=1S/C15H13Cl3O/c1-19-15-9-12(17)6-7-13(15)14(18)8-10-2-4-11(16)5-3-10/h2-7,9,14H,8H2,1H3. The zero-order valence-electron chi connectivity index (χ0n) is 10.4. The van der Waals surface area contributed by atoms with E-state index in [1.165, 1.54) is 0 Å². The fraction of sp³-hybridized carbons (Fsp3) is 0.200. The van der Waals surface area contributed by atoms with Crippen LogP contribution in [0.5, 0.6) is 5.75 Å². The molecule has 19 heavy (non-hydrogen) atoms. The molecule has 0 saturated carbocycles. The van der Waals surface area contributed by atoms with Gasteiger partial charge in [-0.1, -0.05) is 41.4 Å². The fourth-order valence-electron chi connectivity index (χ4n) is 1.88. The summed E-state index contributed by atoms with van der Waals surface area (Å²) in [6, 6.07) is 13.2. The van der Waals surface area contributed by atoms with Crippen LogP contribution in [0.3, 0.4) is 0 Å². The predicted molar refractivity (Wildman–Crippen MR) is 81.8 cm³/mol. The van der Waals surface area contributed by atoms with Gasteiger partial charge in [-0.3, -0.25) is 0 Å². The van der Waals surface area contributed by atoms with Gasteiger partial charge in [0.2, 0.25) is 0 Å². The lowest BCUT2D eigenvalue weighted by molar-refractivity contribution is 0.409. The first-order chi connectivity index (χ1) is 9.10. The molecule has 0 N–H and O–H groups in total. The Labute approximate surface area is 128 Å². The van der Waals surface area contributed by atoms with E-state index < -0.39 is 0 Å². The highest BCUT2D eigenvalue weighted by Gasteiger charge is 2.14. The maximum absolute atomic E-state index is 6.46. The zero-order valence-corrected chi connectivity index (χ0v) is 12.6. The normalized spacial score (nSPS) is 12.2. The monoisotopic (exact) mass is 314 g/mol. The van der Waals surface area contributed by atoms with Crippen LogP contribution in [0.15, 0.2) is 42.5 Å². The summed E-state index contributed by atoms with van der Waals surface area (Å²) in [7, 11) is 1.61. The molecule has 0 aromatic heterocycles. The second-order valence-corrected chi connectivity index (χ2v) is 5.58. The van der Waals surface area contributed by atoms with Crippen molar-refractivity contribution in [2.75, 3.05) is 7.11 Å². The minimum atomic E-state index is -0.173. The van der Waals surface area contributed by atoms with E-state index >= 15 is 0 Å². The lowest BCUT2D eigenvalue weighted by Crippen LogP contribution is -1.99. The number of methoxy groups -OCH3 is 1. The van der Waals surface area contributed by atoms with E-state index in [1.54, 1.807) is 13.2 Å². The van der Waals surface area contributed by atoms with Gasteiger partial charge in [0.1, 0.15) is 5.75 Å². The van der Waals surface area contributed by atoms with Crippen LogP contribution in [0.1, 0.15) is 16.5 Å². The van der Waals surface area contributed by atoms with Crippen LogP contribution in [0, 0.1) is 0 Å². The van der Waals surface area contributed by atoms with E-state index in [4.69, 9.17) is 39.5 Å². The number of hydrogen-bond acceptors (Lipinski definition) is 1. The van der Waals surface area contributed by atoms with Crippen molar-refractivity contribution in [2.24, 2.45) is 0 Å². The van der Waals surface area contributed by atoms with Crippen LogP contribution < -0.4 is 4.74 Å². The molecule has 4 heteroatoms. The van der Waals surface area contributed by atoms with Crippen molar-refractivity contribution in [3.8, 4) is 5.75 Å². The van der Waals surface area contributed by atoms with E-state index in [9.17, 15) is 0 Å². The summed E-state index contributed by atoms with van der Waals surface area (Å²) >= 11 is 18.3. The number of hydrogen-bond donors (Lipinski definition) is 0. The summed E-state index contributed by atoms with van der Waals surface area (Å²) in [5.74, 6) is 0.710. The van der Waals surface area contributed by atoms with Crippen LogP contribution in [0.25, 0.3) is 0 Å². The topological polar surface area (TPSA) is 9.23 Å². The van der Waals surface area contributed by atoms with Crippen molar-refractivity contribution in [3.05, 3.63) is 63.6 Å². The van der Waals surface area contributed by atoms with Gasteiger partial charge in [-0.25, -0.2) is 0 Å². The Kier molecular flexibility index (Phi) is 4.98. The second-order valence-electron chi connectivity index (χ2n) is 4.18. The Hall–Kier alpha value is -0.890. The first-order valence-electron chi connectivity index (χ1n) is 5.82. The summed E-state index contributed by atoms with van der Waals surface area (Å²) in [5.41, 5.74) is 2.06. The zero-order chi connectivity index (χ0) is 13.8. The van der Waals surface area contributed by atoms with Crippen molar-refractivity contribution in [3.63, 3.8) is 0 Å². The Balaban J connectivity index is 2.19. The Bertz CT molecular complexity index is 552. The molecule has 0 saturated heterocycles. The smallest absolute Gasteiger partial charge is 0.125 e. The molecule has 0 heterocycles. The van der Waals surface area contributed by atoms with Gasteiger partial charge in [-0.2, -0.15) is 0 Å². The van der Waals surface area contributed by atoms with E-state index in [0.717, 1.165) is 16.1 Å². The molecule has 1 nitrogen and oxygen atoms in total. The molecule has 1 atom stereocenters. The summed E-state index contributed by atoms with van der Waals surface area (Å²) in [6.07, 6.45) is 0.705. The number of halogens is 3. The number of alkyl halides is 1. The van der Waals surface area contributed by atoms with Gasteiger partial charge in [0, 0.05) is 15.6 Å². The highest BCUT2D eigenvalue weighted by atomic mass is 35.5. The molecule has 0 aliphatic heterocycles. The van der Waals surface area contributed by atoms with Crippen LogP contribution in [0.4, 0.5) is 0 Å². The quantitative estimate of drug-likeness (QED) is 0.675. The molecule has 0 aliphatic rings. The lowest BCUT2D eigenvalue weighted by atomic mass is 10.0. The maximum Gasteiger partial charge on any atom is 0.125 e. The van der Waals surface area contributed by atoms with E-state index in [2.05, 4.69) is 0 Å². The van der Waals surface area contributed by atoms with Crippen LogP contribution >= 0.6 is 34.8 Å². The average Bonchev–Trinajstić information content (AvgIpc) is 2.41. The molecule has 2 rings (SSSR count). The minimum absolute atomic E-state index is 0.173. The third-order valence-corrected chi connectivity index (χ3v) is 3.74. The van der Waals surface area contributed by atoms with Crippen molar-refractivity contribution in [1.82, 2.24) is 0 Å². The molecule has 0 fully saturated rings. The number of rotatable bonds is 4. The van der Waals surface area contributed by atoms with E-state index in [-0.39, 0.29) is 5.38 Å². The second kappa shape index (κ2) is 6.51. The minimum Gasteiger partial charge on any atom is -0.496 e. The molecule has 100 valence electrons. The predicted octanol–water partition coefficient (Wildman–Crippen LogP) is 5.52. The van der Waals surface area contributed by atoms with Crippen molar-refractivity contribution in [2.45, 2.75) is 11.8 Å². The molecule has 0 bridgehead atoms. The van der Waals surface area contributed by atoms with Crippen molar-refractivity contribution in [1.29, 1.82) is 0 Å². The SMILES string of the molecule is COc1cc(Cl)ccc1C(Cl)Cc1ccc(Cl)cc1. The lowest BCUT2D eigenvalue weighted by Gasteiger charge is -2.14. The van der Waals surface area contributed by atoms with E-state index in [0.29, 0.717) is 17.2 Å². The Morgan fingerprint density at radius 2 is 1.63 bits per heavy atom. The van der Waals surface area contributed by atoms with Gasteiger partial charge in [0.25, 0.3) is 0 Å². The first-order valence-corrected chi connectivity index (χ1v) is 7.01. The molecule has 1 unspecified atom stereocenters. The van der Waals surface area contributed by atoms with Gasteiger partial charge in [0.05, 0.1) is 12.5 Å². The van der Waals surface area contributed by atoms with Gasteiger partial charge in [-0.05, 0) is 36.2 Å². The Morgan fingerprint density at radius 1 is 1.00 bits per heavy atom. The molecular weight excluding hydrogens is 303 g/mol.